The maximum absolute atomic E-state index is 15.2. The van der Waals surface area contributed by atoms with Crippen LogP contribution in [0.5, 0.6) is 0 Å². The quantitative estimate of drug-likeness (QED) is 0.451. The lowest BCUT2D eigenvalue weighted by molar-refractivity contribution is 0.208. The topological polar surface area (TPSA) is 89.0 Å². The summed E-state index contributed by atoms with van der Waals surface area (Å²) in [6.45, 7) is 8.25. The fourth-order valence-corrected chi connectivity index (χ4v) is 4.72. The van der Waals surface area contributed by atoms with Crippen molar-refractivity contribution < 1.29 is 9.23 Å². The summed E-state index contributed by atoms with van der Waals surface area (Å²) in [5.41, 5.74) is 8.60. The number of nitrogens with two attached hydrogens (primary N) is 1. The summed E-state index contributed by atoms with van der Waals surface area (Å²) in [5, 5.41) is 6.46. The number of halogens is 1. The van der Waals surface area contributed by atoms with Crippen LogP contribution in [0.15, 0.2) is 33.7 Å². The van der Waals surface area contributed by atoms with E-state index in [0.717, 1.165) is 25.3 Å². The molecule has 1 fully saturated rings. The predicted molar refractivity (Wildman–Crippen MR) is 128 cm³/mol. The maximum Gasteiger partial charge on any atom is 0.198 e. The van der Waals surface area contributed by atoms with Gasteiger partial charge >= 0.3 is 0 Å². The molecule has 8 nitrogen and oxygen atoms in total. The Morgan fingerprint density at radius 1 is 1.31 bits per heavy atom. The van der Waals surface area contributed by atoms with Crippen LogP contribution in [0.25, 0.3) is 22.2 Å². The van der Waals surface area contributed by atoms with E-state index in [4.69, 9.17) is 10.6 Å². The largest absolute Gasteiger partial charge is 0.399 e. The number of anilines is 2. The number of benzene rings is 1. The molecule has 0 spiro atoms. The normalized spacial score (nSPS) is 15.5. The number of piperazine rings is 1. The van der Waals surface area contributed by atoms with E-state index in [-0.39, 0.29) is 5.43 Å². The van der Waals surface area contributed by atoms with Crippen LogP contribution in [0, 0.1) is 5.82 Å². The zero-order valence-corrected chi connectivity index (χ0v) is 19.3. The Bertz CT molecular complexity index is 1210. The summed E-state index contributed by atoms with van der Waals surface area (Å²) in [7, 11) is 1.54. The average molecular weight is 459 g/mol. The number of aromatic nitrogens is 2. The van der Waals surface area contributed by atoms with Crippen molar-refractivity contribution in [2.24, 2.45) is 5.16 Å². The number of fused-ring (bicyclic) bond motifs is 1. The highest BCUT2D eigenvalue weighted by molar-refractivity contribution is 7.13. The van der Waals surface area contributed by atoms with Gasteiger partial charge in [-0.05, 0) is 26.0 Å². The number of nitrogen functional groups attached to an aromatic ring is 1. The van der Waals surface area contributed by atoms with Crippen molar-refractivity contribution in [3.63, 3.8) is 0 Å². The molecule has 3 heterocycles. The SMILES string of the molecule is CCn1cc(-c2csc(N)n2)c(=O)c2cc(F)c(N3CCN(C/C(C)=N/OC)CC3)cc21. The van der Waals surface area contributed by atoms with Gasteiger partial charge in [0.15, 0.2) is 10.6 Å². The predicted octanol–water partition coefficient (Wildman–Crippen LogP) is 3.01. The summed E-state index contributed by atoms with van der Waals surface area (Å²) >= 11 is 1.28. The highest BCUT2D eigenvalue weighted by atomic mass is 32.1. The van der Waals surface area contributed by atoms with Gasteiger partial charge in [-0.3, -0.25) is 9.69 Å². The number of rotatable bonds is 6. The number of hydrogen-bond acceptors (Lipinski definition) is 8. The molecular weight excluding hydrogens is 431 g/mol. The first-order chi connectivity index (χ1) is 15.4. The van der Waals surface area contributed by atoms with Crippen molar-refractivity contribution in [1.29, 1.82) is 0 Å². The summed E-state index contributed by atoms with van der Waals surface area (Å²) in [4.78, 5) is 26.5. The minimum absolute atomic E-state index is 0.238. The van der Waals surface area contributed by atoms with Crippen molar-refractivity contribution >= 4 is 38.8 Å². The fourth-order valence-electron chi connectivity index (χ4n) is 4.15. The molecule has 10 heteroatoms. The molecule has 2 N–H and O–H groups in total. The van der Waals surface area contributed by atoms with Crippen molar-refractivity contribution in [3.8, 4) is 11.3 Å². The molecule has 1 saturated heterocycles. The van der Waals surface area contributed by atoms with Crippen LogP contribution in [-0.4, -0.2) is 60.0 Å². The van der Waals surface area contributed by atoms with E-state index in [1.807, 2.05) is 23.3 Å². The first kappa shape index (κ1) is 22.2. The summed E-state index contributed by atoms with van der Waals surface area (Å²) < 4.78 is 17.2. The van der Waals surface area contributed by atoms with E-state index in [0.29, 0.717) is 52.6 Å². The summed E-state index contributed by atoms with van der Waals surface area (Å²) in [6, 6.07) is 3.15. The zero-order chi connectivity index (χ0) is 22.8. The Morgan fingerprint density at radius 3 is 2.69 bits per heavy atom. The maximum atomic E-state index is 15.2. The van der Waals surface area contributed by atoms with Crippen molar-refractivity contribution in [1.82, 2.24) is 14.5 Å². The molecule has 0 aliphatic carbocycles. The molecule has 0 saturated carbocycles. The second kappa shape index (κ2) is 9.25. The van der Waals surface area contributed by atoms with Gasteiger partial charge in [-0.25, -0.2) is 9.37 Å². The van der Waals surface area contributed by atoms with E-state index < -0.39 is 5.82 Å². The number of hydrogen-bond donors (Lipinski definition) is 1. The van der Waals surface area contributed by atoms with E-state index in [1.54, 1.807) is 17.6 Å². The monoisotopic (exact) mass is 458 g/mol. The number of aryl methyl sites for hydroxylation is 1. The molecule has 0 bridgehead atoms. The Labute approximate surface area is 189 Å². The molecule has 0 unspecified atom stereocenters. The summed E-state index contributed by atoms with van der Waals surface area (Å²) in [5.74, 6) is -0.391. The van der Waals surface area contributed by atoms with Gasteiger partial charge in [-0.1, -0.05) is 5.16 Å². The molecule has 32 heavy (non-hydrogen) atoms. The van der Waals surface area contributed by atoms with Crippen LogP contribution in [-0.2, 0) is 11.4 Å². The van der Waals surface area contributed by atoms with Crippen LogP contribution < -0.4 is 16.1 Å². The standard InChI is InChI=1S/C22H27FN6O2S/c1-4-28-12-16(18-13-32-22(24)25-18)21(30)15-9-17(23)20(10-19(15)28)29-7-5-27(6-8-29)11-14(2)26-31-3/h9-10,12-13H,4-8,11H2,1-3H3,(H2,24,25)/b26-14+. The van der Waals surface area contributed by atoms with Gasteiger partial charge in [0.2, 0.25) is 0 Å². The number of nitrogens with zero attached hydrogens (tertiary/aromatic N) is 5. The Kier molecular flexibility index (Phi) is 6.43. The molecule has 3 aromatic rings. The highest BCUT2D eigenvalue weighted by Crippen LogP contribution is 2.28. The Hall–Kier alpha value is -2.98. The third-order valence-corrected chi connectivity index (χ3v) is 6.37. The molecular formula is C22H27FN6O2S. The van der Waals surface area contributed by atoms with Crippen LogP contribution in [0.4, 0.5) is 15.2 Å². The molecule has 2 aromatic heterocycles. The number of thiazole rings is 1. The third kappa shape index (κ3) is 4.33. The first-order valence-electron chi connectivity index (χ1n) is 10.5. The second-order valence-electron chi connectivity index (χ2n) is 7.82. The lowest BCUT2D eigenvalue weighted by Gasteiger charge is -2.36. The van der Waals surface area contributed by atoms with Gasteiger partial charge in [-0.2, -0.15) is 0 Å². The lowest BCUT2D eigenvalue weighted by atomic mass is 10.1. The lowest BCUT2D eigenvalue weighted by Crippen LogP contribution is -2.48. The second-order valence-corrected chi connectivity index (χ2v) is 8.71. The van der Waals surface area contributed by atoms with E-state index >= 15 is 4.39 Å². The van der Waals surface area contributed by atoms with E-state index in [9.17, 15) is 4.79 Å². The van der Waals surface area contributed by atoms with Crippen molar-refractivity contribution in [2.45, 2.75) is 20.4 Å². The molecule has 1 aromatic carbocycles. The van der Waals surface area contributed by atoms with Crippen LogP contribution in [0.2, 0.25) is 0 Å². The van der Waals surface area contributed by atoms with Crippen molar-refractivity contribution in [2.75, 3.05) is 50.5 Å². The molecule has 170 valence electrons. The molecule has 4 rings (SSSR count). The highest BCUT2D eigenvalue weighted by Gasteiger charge is 2.22. The third-order valence-electron chi connectivity index (χ3n) is 5.70. The molecule has 1 aliphatic heterocycles. The van der Waals surface area contributed by atoms with Gasteiger partial charge in [0.1, 0.15) is 12.9 Å². The minimum atomic E-state index is -0.391. The average Bonchev–Trinajstić information content (AvgIpc) is 3.21. The fraction of sp³-hybridized carbons (Fsp3) is 0.409. The van der Waals surface area contributed by atoms with Gasteiger partial charge in [0.25, 0.3) is 0 Å². The van der Waals surface area contributed by atoms with Gasteiger partial charge in [-0.15, -0.1) is 11.3 Å². The number of oxime groups is 1. The number of pyridine rings is 1. The van der Waals surface area contributed by atoms with Gasteiger partial charge < -0.3 is 20.0 Å². The minimum Gasteiger partial charge on any atom is -0.399 e. The van der Waals surface area contributed by atoms with Crippen LogP contribution in [0.1, 0.15) is 13.8 Å². The smallest absolute Gasteiger partial charge is 0.198 e. The van der Waals surface area contributed by atoms with Crippen LogP contribution >= 0.6 is 11.3 Å². The first-order valence-corrected chi connectivity index (χ1v) is 11.4. The molecule has 0 radical (unpaired) electrons. The Morgan fingerprint density at radius 2 is 2.06 bits per heavy atom. The molecule has 0 amide bonds. The van der Waals surface area contributed by atoms with E-state index in [1.165, 1.54) is 24.5 Å². The van der Waals surface area contributed by atoms with Crippen molar-refractivity contribution in [3.05, 3.63) is 39.8 Å². The van der Waals surface area contributed by atoms with Crippen LogP contribution in [0.3, 0.4) is 0 Å². The summed E-state index contributed by atoms with van der Waals surface area (Å²) in [6.07, 6.45) is 1.79. The van der Waals surface area contributed by atoms with Gasteiger partial charge in [0.05, 0.1) is 28.2 Å². The zero-order valence-electron chi connectivity index (χ0n) is 18.5. The molecule has 1 aliphatic rings. The van der Waals surface area contributed by atoms with E-state index in [2.05, 4.69) is 15.0 Å². The molecule has 0 atom stereocenters. The Balaban J connectivity index is 1.66. The van der Waals surface area contributed by atoms with Gasteiger partial charge in [0, 0.05) is 56.2 Å².